The van der Waals surface area contributed by atoms with E-state index in [1.165, 1.54) is 6.07 Å². The second-order valence-corrected chi connectivity index (χ2v) is 19.2. The van der Waals surface area contributed by atoms with Gasteiger partial charge in [0, 0.05) is 6.20 Å². The van der Waals surface area contributed by atoms with E-state index < -0.39 is 66.5 Å². The third-order valence-electron chi connectivity index (χ3n) is 13.0. The molecule has 0 atom stereocenters. The van der Waals surface area contributed by atoms with Crippen LogP contribution >= 0.6 is 0 Å². The van der Waals surface area contributed by atoms with Gasteiger partial charge in [-0.1, -0.05) is 32.9 Å². The molecule has 344 valence electrons. The van der Waals surface area contributed by atoms with Gasteiger partial charge < -0.3 is 0 Å². The molecule has 4 heterocycles. The quantitative estimate of drug-likeness (QED) is 0.152. The Morgan fingerprint density at radius 1 is 0.451 bits per heavy atom. The Morgan fingerprint density at radius 2 is 0.986 bits per heavy atom. The average molecular weight is 1110 g/mol. The first kappa shape index (κ1) is 31.0. The zero-order valence-electron chi connectivity index (χ0n) is 51.4. The summed E-state index contributed by atoms with van der Waals surface area (Å²) in [7, 11) is 0. The van der Waals surface area contributed by atoms with Crippen molar-refractivity contribution in [3.05, 3.63) is 240 Å². The van der Waals surface area contributed by atoms with E-state index in [9.17, 15) is 9.60 Å². The van der Waals surface area contributed by atoms with Crippen LogP contribution in [-0.4, -0.2) is 23.3 Å². The van der Waals surface area contributed by atoms with Gasteiger partial charge in [-0.2, -0.15) is 0 Å². The van der Waals surface area contributed by atoms with Crippen molar-refractivity contribution >= 4 is 54.6 Å². The van der Waals surface area contributed by atoms with Crippen LogP contribution < -0.4 is 4.74 Å². The first-order valence-electron chi connectivity index (χ1n) is 29.5. The second kappa shape index (κ2) is 17.0. The molecule has 0 saturated carbocycles. The van der Waals surface area contributed by atoms with Crippen LogP contribution in [0.2, 0.25) is 0 Å². The van der Waals surface area contributed by atoms with Crippen LogP contribution in [0.1, 0.15) is 44.2 Å². The Hall–Kier alpha value is -8.31. The van der Waals surface area contributed by atoms with Crippen LogP contribution in [-0.2, 0) is 24.8 Å². The van der Waals surface area contributed by atoms with Crippen LogP contribution in [0.4, 0.5) is 0 Å². The molecule has 13 aromatic rings. The Kier molecular flexibility index (Phi) is 7.42. The molecule has 71 heavy (non-hydrogen) atoms. The van der Waals surface area contributed by atoms with Gasteiger partial charge in [-0.15, -0.1) is 0 Å². The topological polar surface area (TPSA) is 41.8 Å². The van der Waals surface area contributed by atoms with E-state index in [4.69, 9.17) is 17.9 Å². The number of hydrogen-bond donors (Lipinski definition) is 0. The number of imidazole rings is 1. The third-order valence-corrected chi connectivity index (χ3v) is 14.0. The zero-order chi connectivity index (χ0) is 59.1. The minimum atomic E-state index is -0.631. The molecule has 0 fully saturated rings. The van der Waals surface area contributed by atoms with Crippen LogP contribution in [0.3, 0.4) is 0 Å². The number of fused-ring (bicyclic) bond motifs is 7. The molecule has 0 unspecified atom stereocenters. The summed E-state index contributed by atoms with van der Waals surface area (Å²) in [5.41, 5.74) is 5.17. The van der Waals surface area contributed by atoms with Crippen molar-refractivity contribution in [1.82, 2.24) is 23.3 Å². The van der Waals surface area contributed by atoms with E-state index in [2.05, 4.69) is 50.8 Å². The predicted molar refractivity (Wildman–Crippen MR) is 288 cm³/mol. The fourth-order valence-electron chi connectivity index (χ4n) is 9.82. The number of benzene rings is 9. The molecule has 0 radical (unpaired) electrons. The van der Waals surface area contributed by atoms with Gasteiger partial charge in [0.2, 0.25) is 0 Å². The number of pyridine rings is 1. The van der Waals surface area contributed by atoms with Crippen LogP contribution in [0.25, 0.3) is 99.8 Å². The molecule has 0 aliphatic rings. The molecule has 0 aliphatic carbocycles. The number of hydrogen-bond acceptors (Lipinski definition) is 2. The first-order valence-corrected chi connectivity index (χ1v) is 24.1. The molecule has 0 bridgehead atoms. The monoisotopic (exact) mass is 1110 g/mol. The molecule has 7 heteroatoms. The number of ether oxygens (including phenoxy) is 1. The van der Waals surface area contributed by atoms with Crippen molar-refractivity contribution in [1.29, 1.82) is 0 Å². The SMILES string of the molecule is [2H]c1c(Oc2ccc3c4ccccc4n(-c4cc(C(C)(C)C)ccn4)c3c2)cc(-n2[c](=[Pt])n(-c3c(-c4c([2H])c([2H])c([2H])c([2H])c4[2H])cc(-n4c5ccccc5c5ccccc54)cc3-c3c([2H])c([2H])c([2H])c([2H])c3[2H])c3ccccc32)c([2H])c1[2H]. The van der Waals surface area contributed by atoms with Crippen molar-refractivity contribution in [2.45, 2.75) is 26.2 Å². The van der Waals surface area contributed by atoms with Crippen LogP contribution in [0.5, 0.6) is 11.5 Å². The Bertz CT molecular complexity index is 4870. The molecule has 9 aromatic carbocycles. The summed E-state index contributed by atoms with van der Waals surface area (Å²) in [6.07, 6.45) is 1.80. The number of rotatable bonds is 8. The summed E-state index contributed by atoms with van der Waals surface area (Å²) in [5.74, 6) is 0.998. The summed E-state index contributed by atoms with van der Waals surface area (Å²) in [6.45, 7) is 6.43. The van der Waals surface area contributed by atoms with Crippen molar-refractivity contribution in [3.63, 3.8) is 0 Å². The van der Waals surface area contributed by atoms with Gasteiger partial charge in [-0.25, -0.2) is 0 Å². The summed E-state index contributed by atoms with van der Waals surface area (Å²) < 4.78 is 134. The van der Waals surface area contributed by atoms with Crippen LogP contribution in [0, 0.1) is 3.80 Å². The zero-order valence-corrected chi connectivity index (χ0v) is 40.7. The Morgan fingerprint density at radius 3 is 1.58 bits per heavy atom. The van der Waals surface area contributed by atoms with Gasteiger partial charge in [-0.3, -0.25) is 0 Å². The van der Waals surface area contributed by atoms with E-state index in [1.54, 1.807) is 57.8 Å². The molecule has 0 amide bonds. The molecule has 0 spiro atoms. The molecule has 0 saturated heterocycles. The molecular weight excluding hydrogens is 1050 g/mol. The number of para-hydroxylation sites is 5. The molecule has 6 nitrogen and oxygen atoms in total. The van der Waals surface area contributed by atoms with E-state index in [-0.39, 0.29) is 60.7 Å². The van der Waals surface area contributed by atoms with E-state index in [0.717, 1.165) is 49.2 Å². The molecule has 0 aliphatic heterocycles. The first-order chi connectivity index (χ1) is 40.2. The second-order valence-electron chi connectivity index (χ2n) is 18.2. The maximum absolute atomic E-state index is 9.60. The standard InChI is InChI=1S/C64H47N5O.Pt/c1-64(2,3)45-35-36-65-62(37-45)69-58-30-15-12-27-52(58)53-34-33-49(41-61(53)69)70-48-24-18-23-46(38-48)66-42-67(60-32-17-16-31-59(60)66)63-54(43-19-6-4-7-20-43)39-47(40-55(63)44-21-8-5-9-22-44)68-56-28-13-10-25-50(56)51-26-11-14-29-57(51)68;/h4-41H,1-3H3;/i4D,5D,6D,7D,8D,9D,18D,19D,20D,21D,22D,23D,24D;. The van der Waals surface area contributed by atoms with E-state index in [1.807, 2.05) is 95.6 Å². The van der Waals surface area contributed by atoms with Crippen molar-refractivity contribution < 1.29 is 41.9 Å². The summed E-state index contributed by atoms with van der Waals surface area (Å²) in [4.78, 5) is 4.82. The van der Waals surface area contributed by atoms with E-state index in [0.29, 0.717) is 28.3 Å². The molecule has 13 rings (SSSR count). The maximum atomic E-state index is 9.60. The number of aromatic nitrogens is 5. The van der Waals surface area contributed by atoms with Crippen molar-refractivity contribution in [2.75, 3.05) is 0 Å². The van der Waals surface area contributed by atoms with Gasteiger partial charge >= 0.3 is 386 Å². The molecular formula is C64H47N5OPt. The Balaban J connectivity index is 1.10. The van der Waals surface area contributed by atoms with Gasteiger partial charge in [0.1, 0.15) is 0 Å². The average Bonchev–Trinajstić information content (AvgIpc) is 1.55. The normalized spacial score (nSPS) is 14.5. The Labute approximate surface area is 440 Å². The number of nitrogens with zero attached hydrogens (tertiary/aromatic N) is 5. The third kappa shape index (κ3) is 7.20. The van der Waals surface area contributed by atoms with Gasteiger partial charge in [0.25, 0.3) is 0 Å². The van der Waals surface area contributed by atoms with Crippen molar-refractivity contribution in [3.8, 4) is 56.6 Å². The fraction of sp³-hybridized carbons (Fsp3) is 0.0625. The van der Waals surface area contributed by atoms with E-state index >= 15 is 0 Å². The van der Waals surface area contributed by atoms with Gasteiger partial charge in [-0.05, 0) is 17.0 Å². The van der Waals surface area contributed by atoms with Crippen molar-refractivity contribution in [2.24, 2.45) is 0 Å². The molecule has 4 aromatic heterocycles. The van der Waals surface area contributed by atoms with Crippen LogP contribution in [0.15, 0.2) is 230 Å². The van der Waals surface area contributed by atoms with Gasteiger partial charge in [0.05, 0.1) is 0 Å². The van der Waals surface area contributed by atoms with Gasteiger partial charge in [0.15, 0.2) is 0 Å². The fourth-order valence-corrected chi connectivity index (χ4v) is 10.9. The summed E-state index contributed by atoms with van der Waals surface area (Å²) >= 11 is 2.05. The predicted octanol–water partition coefficient (Wildman–Crippen LogP) is 16.5. The summed E-state index contributed by atoms with van der Waals surface area (Å²) in [5, 5.41) is 3.68. The molecule has 0 N–H and O–H groups in total. The minimum absolute atomic E-state index is 0.0450. The summed E-state index contributed by atoms with van der Waals surface area (Å²) in [6, 6.07) is 38.0.